The van der Waals surface area contributed by atoms with E-state index < -0.39 is 0 Å². The van der Waals surface area contributed by atoms with E-state index in [9.17, 15) is 4.79 Å². The van der Waals surface area contributed by atoms with Crippen molar-refractivity contribution in [1.82, 2.24) is 9.88 Å². The Bertz CT molecular complexity index is 581. The molecule has 1 aromatic heterocycles. The number of carbonyl (C=O) groups excluding carboxylic acids is 1. The molecule has 0 aliphatic carbocycles. The van der Waals surface area contributed by atoms with Gasteiger partial charge in [0.05, 0.1) is 12.3 Å². The van der Waals surface area contributed by atoms with Crippen LogP contribution < -0.4 is 0 Å². The molecule has 0 bridgehead atoms. The molecule has 0 unspecified atom stereocenters. The fourth-order valence-electron chi connectivity index (χ4n) is 1.97. The van der Waals surface area contributed by atoms with E-state index in [0.29, 0.717) is 18.0 Å². The minimum Gasteiger partial charge on any atom is -0.395 e. The van der Waals surface area contributed by atoms with Crippen LogP contribution in [0.2, 0.25) is 0 Å². The number of amides is 1. The number of rotatable bonds is 5. The van der Waals surface area contributed by atoms with Crippen molar-refractivity contribution in [2.45, 2.75) is 13.8 Å². The molecular weight excluding hydrogens is 272 g/mol. The number of benzene rings is 1. The van der Waals surface area contributed by atoms with Crippen LogP contribution in [0.1, 0.15) is 22.3 Å². The maximum Gasteiger partial charge on any atom is 0.265 e. The Kier molecular flexibility index (Phi) is 4.87. The number of aryl methyl sites for hydroxylation is 1. The molecule has 0 saturated heterocycles. The predicted octanol–water partition coefficient (Wildman–Crippen LogP) is 2.57. The zero-order valence-corrected chi connectivity index (χ0v) is 12.5. The molecule has 2 aromatic rings. The van der Waals surface area contributed by atoms with Crippen molar-refractivity contribution >= 4 is 17.2 Å². The van der Waals surface area contributed by atoms with Crippen molar-refractivity contribution in [3.63, 3.8) is 0 Å². The van der Waals surface area contributed by atoms with Gasteiger partial charge < -0.3 is 10.0 Å². The van der Waals surface area contributed by atoms with E-state index in [-0.39, 0.29) is 12.5 Å². The normalized spacial score (nSPS) is 10.6. The maximum absolute atomic E-state index is 12.4. The second-order valence-corrected chi connectivity index (χ2v) is 5.41. The van der Waals surface area contributed by atoms with Gasteiger partial charge >= 0.3 is 0 Å². The number of carbonyl (C=O) groups is 1. The van der Waals surface area contributed by atoms with E-state index >= 15 is 0 Å². The number of aliphatic hydroxyl groups excluding tert-OH is 1. The Hall–Kier alpha value is -1.72. The highest BCUT2D eigenvalue weighted by Gasteiger charge is 2.20. The molecule has 106 valence electrons. The van der Waals surface area contributed by atoms with Crippen molar-refractivity contribution in [1.29, 1.82) is 0 Å². The Balaban J connectivity index is 2.30. The molecule has 1 N–H and O–H groups in total. The van der Waals surface area contributed by atoms with Crippen LogP contribution in [0.15, 0.2) is 30.3 Å². The monoisotopic (exact) mass is 290 g/mol. The Labute approximate surface area is 122 Å². The van der Waals surface area contributed by atoms with Gasteiger partial charge in [0.15, 0.2) is 0 Å². The third-order valence-electron chi connectivity index (χ3n) is 3.05. The zero-order valence-electron chi connectivity index (χ0n) is 11.7. The van der Waals surface area contributed by atoms with Gasteiger partial charge in [0, 0.05) is 18.7 Å². The molecule has 0 aliphatic heterocycles. The molecule has 1 heterocycles. The SMILES string of the molecule is CCN(CCO)C(=O)c1sc(-c2ccccc2)nc1C. The number of likely N-dealkylation sites (N-methyl/N-ethyl adjacent to an activating group) is 1. The molecule has 0 aliphatic rings. The molecular formula is C15H18N2O2S. The average molecular weight is 290 g/mol. The van der Waals surface area contributed by atoms with E-state index in [0.717, 1.165) is 16.3 Å². The van der Waals surface area contributed by atoms with Crippen molar-refractivity contribution in [2.75, 3.05) is 19.7 Å². The summed E-state index contributed by atoms with van der Waals surface area (Å²) >= 11 is 1.41. The molecule has 0 fully saturated rings. The van der Waals surface area contributed by atoms with Gasteiger partial charge in [-0.3, -0.25) is 4.79 Å². The fraction of sp³-hybridized carbons (Fsp3) is 0.333. The highest BCUT2D eigenvalue weighted by atomic mass is 32.1. The molecule has 1 amide bonds. The standard InChI is InChI=1S/C15H18N2O2S/c1-3-17(9-10-18)15(19)13-11(2)16-14(20-13)12-7-5-4-6-8-12/h4-8,18H,3,9-10H2,1-2H3. The van der Waals surface area contributed by atoms with Crippen LogP contribution in [0.5, 0.6) is 0 Å². The van der Waals surface area contributed by atoms with Crippen molar-refractivity contribution in [2.24, 2.45) is 0 Å². The van der Waals surface area contributed by atoms with Gasteiger partial charge in [0.2, 0.25) is 0 Å². The predicted molar refractivity (Wildman–Crippen MR) is 81.0 cm³/mol. The summed E-state index contributed by atoms with van der Waals surface area (Å²) in [5.74, 6) is -0.0567. The van der Waals surface area contributed by atoms with E-state index in [4.69, 9.17) is 5.11 Å². The summed E-state index contributed by atoms with van der Waals surface area (Å²) < 4.78 is 0. The first-order chi connectivity index (χ1) is 9.67. The third-order valence-corrected chi connectivity index (χ3v) is 4.24. The van der Waals surface area contributed by atoms with Crippen molar-refractivity contribution < 1.29 is 9.90 Å². The highest BCUT2D eigenvalue weighted by Crippen LogP contribution is 2.28. The molecule has 1 aromatic carbocycles. The summed E-state index contributed by atoms with van der Waals surface area (Å²) in [6.07, 6.45) is 0. The number of aliphatic hydroxyl groups is 1. The van der Waals surface area contributed by atoms with Gasteiger partial charge in [0.1, 0.15) is 9.88 Å². The number of aromatic nitrogens is 1. The van der Waals surface area contributed by atoms with Gasteiger partial charge in [-0.05, 0) is 13.8 Å². The minimum absolute atomic E-state index is 0.0248. The van der Waals surface area contributed by atoms with Gasteiger partial charge in [-0.1, -0.05) is 30.3 Å². The number of hydrogen-bond acceptors (Lipinski definition) is 4. The maximum atomic E-state index is 12.4. The Morgan fingerprint density at radius 2 is 2.05 bits per heavy atom. The Morgan fingerprint density at radius 3 is 2.65 bits per heavy atom. The zero-order chi connectivity index (χ0) is 14.5. The fourth-order valence-corrected chi connectivity index (χ4v) is 3.01. The van der Waals surface area contributed by atoms with E-state index in [1.165, 1.54) is 11.3 Å². The highest BCUT2D eigenvalue weighted by molar-refractivity contribution is 7.17. The number of hydrogen-bond donors (Lipinski definition) is 1. The second kappa shape index (κ2) is 6.63. The minimum atomic E-state index is -0.0567. The lowest BCUT2D eigenvalue weighted by Crippen LogP contribution is -2.33. The van der Waals surface area contributed by atoms with Crippen molar-refractivity contribution in [3.8, 4) is 10.6 Å². The topological polar surface area (TPSA) is 53.4 Å². The summed E-state index contributed by atoms with van der Waals surface area (Å²) in [5.41, 5.74) is 1.76. The lowest BCUT2D eigenvalue weighted by Gasteiger charge is -2.18. The van der Waals surface area contributed by atoms with Crippen LogP contribution in [0.3, 0.4) is 0 Å². The molecule has 0 radical (unpaired) electrons. The number of thiazole rings is 1. The first kappa shape index (κ1) is 14.7. The smallest absolute Gasteiger partial charge is 0.265 e. The third kappa shape index (κ3) is 3.05. The van der Waals surface area contributed by atoms with Crippen LogP contribution in [0.4, 0.5) is 0 Å². The molecule has 0 atom stereocenters. The first-order valence-electron chi connectivity index (χ1n) is 6.60. The number of nitrogens with zero attached hydrogens (tertiary/aromatic N) is 2. The quantitative estimate of drug-likeness (QED) is 0.921. The average Bonchev–Trinajstić information content (AvgIpc) is 2.87. The van der Waals surface area contributed by atoms with Crippen LogP contribution >= 0.6 is 11.3 Å². The lowest BCUT2D eigenvalue weighted by atomic mass is 10.2. The summed E-state index contributed by atoms with van der Waals surface area (Å²) in [6, 6.07) is 9.83. The van der Waals surface area contributed by atoms with Crippen molar-refractivity contribution in [3.05, 3.63) is 40.9 Å². The molecule has 2 rings (SSSR count). The largest absolute Gasteiger partial charge is 0.395 e. The second-order valence-electron chi connectivity index (χ2n) is 4.41. The van der Waals surface area contributed by atoms with Gasteiger partial charge in [-0.2, -0.15) is 0 Å². The van der Waals surface area contributed by atoms with Gasteiger partial charge in [-0.25, -0.2) is 4.98 Å². The van der Waals surface area contributed by atoms with E-state index in [1.54, 1.807) is 4.90 Å². The van der Waals surface area contributed by atoms with Gasteiger partial charge in [0.25, 0.3) is 5.91 Å². The van der Waals surface area contributed by atoms with Crippen LogP contribution in [-0.2, 0) is 0 Å². The van der Waals surface area contributed by atoms with Crippen LogP contribution in [0, 0.1) is 6.92 Å². The van der Waals surface area contributed by atoms with E-state index in [2.05, 4.69) is 4.98 Å². The molecule has 5 heteroatoms. The van der Waals surface area contributed by atoms with E-state index in [1.807, 2.05) is 44.2 Å². The summed E-state index contributed by atoms with van der Waals surface area (Å²) in [7, 11) is 0. The summed E-state index contributed by atoms with van der Waals surface area (Å²) in [6.45, 7) is 4.67. The molecule has 4 nitrogen and oxygen atoms in total. The van der Waals surface area contributed by atoms with Crippen LogP contribution in [-0.4, -0.2) is 40.6 Å². The van der Waals surface area contributed by atoms with Crippen LogP contribution in [0.25, 0.3) is 10.6 Å². The molecule has 20 heavy (non-hydrogen) atoms. The Morgan fingerprint density at radius 1 is 1.35 bits per heavy atom. The lowest BCUT2D eigenvalue weighted by molar-refractivity contribution is 0.0736. The van der Waals surface area contributed by atoms with Gasteiger partial charge in [-0.15, -0.1) is 11.3 Å². The first-order valence-corrected chi connectivity index (χ1v) is 7.42. The molecule has 0 saturated carbocycles. The summed E-state index contributed by atoms with van der Waals surface area (Å²) in [5, 5.41) is 9.86. The summed E-state index contributed by atoms with van der Waals surface area (Å²) in [4.78, 5) is 19.2. The molecule has 0 spiro atoms.